The fraction of sp³-hybridized carbons (Fsp3) is 0.444. The van der Waals surface area contributed by atoms with Crippen molar-refractivity contribution in [1.82, 2.24) is 10.2 Å². The molecule has 3 rings (SSSR count). The Morgan fingerprint density at radius 3 is 2.50 bits per heavy atom. The molecule has 26 heavy (non-hydrogen) atoms. The van der Waals surface area contributed by atoms with Crippen molar-refractivity contribution in [1.29, 1.82) is 0 Å². The Bertz CT molecular complexity index is 915. The number of hydrogen-bond acceptors (Lipinski definition) is 7. The fourth-order valence-corrected chi connectivity index (χ4v) is 4.58. The van der Waals surface area contributed by atoms with Crippen LogP contribution >= 0.6 is 0 Å². The van der Waals surface area contributed by atoms with Gasteiger partial charge in [0.25, 0.3) is 0 Å². The predicted octanol–water partition coefficient (Wildman–Crippen LogP) is 2.01. The van der Waals surface area contributed by atoms with E-state index in [0.717, 1.165) is 37.1 Å². The van der Waals surface area contributed by atoms with Gasteiger partial charge in [0.05, 0.1) is 0 Å². The molecule has 1 aromatic carbocycles. The Kier molecular flexibility index (Phi) is 5.27. The van der Waals surface area contributed by atoms with Gasteiger partial charge in [-0.1, -0.05) is 6.42 Å². The zero-order chi connectivity index (χ0) is 18.9. The molecule has 1 fully saturated rings. The number of aryl methyl sites for hydroxylation is 1. The summed E-state index contributed by atoms with van der Waals surface area (Å²) in [6, 6.07) is 6.05. The summed E-state index contributed by atoms with van der Waals surface area (Å²) >= 11 is -4.15. The van der Waals surface area contributed by atoms with E-state index < -0.39 is 12.7 Å². The van der Waals surface area contributed by atoms with E-state index in [1.165, 1.54) is 12.1 Å². The van der Waals surface area contributed by atoms with Gasteiger partial charge in [-0.15, -0.1) is 0 Å². The van der Waals surface area contributed by atoms with Crippen LogP contribution in [0.15, 0.2) is 24.3 Å². The summed E-state index contributed by atoms with van der Waals surface area (Å²) < 4.78 is 23.5. The van der Waals surface area contributed by atoms with Crippen LogP contribution in [-0.2, 0) is 7.67 Å². The molecule has 1 aliphatic carbocycles. The van der Waals surface area contributed by atoms with E-state index in [1.807, 2.05) is 13.0 Å². The van der Waals surface area contributed by atoms with Gasteiger partial charge in [0.15, 0.2) is 0 Å². The molecule has 7 nitrogen and oxygen atoms in total. The number of aliphatic hydroxyl groups excluding tert-OH is 1. The first-order valence-corrected chi connectivity index (χ1v) is 12.5. The van der Waals surface area contributed by atoms with Crippen LogP contribution in [0.2, 0.25) is 5.82 Å². The number of rotatable bonds is 4. The Morgan fingerprint density at radius 2 is 1.88 bits per heavy atom. The van der Waals surface area contributed by atoms with Crippen LogP contribution in [0.25, 0.3) is 11.3 Å². The minimum absolute atomic E-state index is 0.0339. The first kappa shape index (κ1) is 18.8. The maximum atomic E-state index is 11.7. The van der Waals surface area contributed by atoms with Crippen LogP contribution in [0, 0.1) is 6.92 Å². The third kappa shape index (κ3) is 4.03. The number of anilines is 1. The first-order valence-electron chi connectivity index (χ1n) is 8.58. The van der Waals surface area contributed by atoms with E-state index in [-0.39, 0.29) is 22.4 Å². The maximum absolute atomic E-state index is 11.7. The number of hydrogen-bond donors (Lipinski definition) is 3. The molecule has 0 bridgehead atoms. The van der Waals surface area contributed by atoms with Crippen LogP contribution in [-0.4, -0.2) is 45.3 Å². The van der Waals surface area contributed by atoms with Crippen LogP contribution in [0.3, 0.4) is 0 Å². The van der Waals surface area contributed by atoms with Crippen LogP contribution in [0.1, 0.15) is 31.2 Å². The molecule has 140 valence electrons. The molecule has 0 aliphatic heterocycles. The number of aromatic hydroxyl groups is 1. The van der Waals surface area contributed by atoms with Gasteiger partial charge in [-0.25, -0.2) is 0 Å². The number of phenols is 1. The minimum atomic E-state index is -4.15. The summed E-state index contributed by atoms with van der Waals surface area (Å²) in [7, 11) is 0. The Balaban J connectivity index is 1.86. The monoisotopic (exact) mass is 425 g/mol. The first-order chi connectivity index (χ1) is 12.3. The summed E-state index contributed by atoms with van der Waals surface area (Å²) in [5.41, 5.74) is 1.72. The van der Waals surface area contributed by atoms with Crippen molar-refractivity contribution in [2.75, 3.05) is 5.32 Å². The summed E-state index contributed by atoms with van der Waals surface area (Å²) in [6.07, 6.45) is 3.39. The number of nitrogens with zero attached hydrogens (tertiary/aromatic N) is 2. The second kappa shape index (κ2) is 7.31. The Hall–Kier alpha value is -2.02. The van der Waals surface area contributed by atoms with Crippen molar-refractivity contribution >= 4 is 23.0 Å². The number of benzene rings is 1. The summed E-state index contributed by atoms with van der Waals surface area (Å²) in [6.45, 7) is 1.85. The average Bonchev–Trinajstić information content (AvgIpc) is 2.57. The molecule has 0 amide bonds. The van der Waals surface area contributed by atoms with Crippen molar-refractivity contribution < 1.29 is 17.9 Å². The van der Waals surface area contributed by atoms with Crippen LogP contribution in [0.5, 0.6) is 5.75 Å². The molecular weight excluding hydrogens is 401 g/mol. The molecule has 0 spiro atoms. The fourth-order valence-electron chi connectivity index (χ4n) is 3.23. The Labute approximate surface area is 154 Å². The average molecular weight is 424 g/mol. The van der Waals surface area contributed by atoms with Gasteiger partial charge in [0, 0.05) is 0 Å². The van der Waals surface area contributed by atoms with Crippen LogP contribution < -0.4 is 9.78 Å². The molecule has 2 atom stereocenters. The third-order valence-electron chi connectivity index (χ3n) is 4.70. The van der Waals surface area contributed by atoms with Crippen molar-refractivity contribution in [3.05, 3.63) is 29.8 Å². The van der Waals surface area contributed by atoms with Gasteiger partial charge in [0.2, 0.25) is 0 Å². The molecule has 1 heterocycles. The van der Waals surface area contributed by atoms with Crippen molar-refractivity contribution in [3.63, 3.8) is 0 Å². The topological polar surface area (TPSA) is 112 Å². The van der Waals surface area contributed by atoms with Gasteiger partial charge < -0.3 is 0 Å². The number of nitrogens with one attached hydrogen (secondary N) is 1. The molecule has 1 aromatic heterocycles. The number of aromatic nitrogens is 2. The van der Waals surface area contributed by atoms with Crippen molar-refractivity contribution in [2.24, 2.45) is 0 Å². The van der Waals surface area contributed by atoms with E-state index in [9.17, 15) is 17.9 Å². The standard InChI is InChI=1S/C18H23N3O4Se/c1-11-9-17(19-14-5-3-4-6-15(14)22)20-21-18(11)13-8-7-12(10-16(13)23)26(2,24)25/h7-10,14-15,22-23H,3-6H2,1-2H3,(H,19,20)/t14-,15-/m0/s1. The van der Waals surface area contributed by atoms with E-state index in [1.54, 1.807) is 6.07 Å². The summed E-state index contributed by atoms with van der Waals surface area (Å²) in [5, 5.41) is 31.9. The second-order valence-corrected chi connectivity index (χ2v) is 11.0. The predicted molar refractivity (Wildman–Crippen MR) is 98.4 cm³/mol. The Morgan fingerprint density at radius 1 is 1.15 bits per heavy atom. The van der Waals surface area contributed by atoms with Gasteiger partial charge in [0.1, 0.15) is 0 Å². The molecule has 0 unspecified atom stereocenters. The summed E-state index contributed by atoms with van der Waals surface area (Å²) in [4.78, 5) is 0. The second-order valence-electron chi connectivity index (χ2n) is 6.81. The van der Waals surface area contributed by atoms with Crippen LogP contribution in [0.4, 0.5) is 5.82 Å². The number of aliphatic hydroxyl groups is 1. The molecule has 2 aromatic rings. The van der Waals surface area contributed by atoms with E-state index in [4.69, 9.17) is 0 Å². The molecule has 1 aliphatic rings. The number of phenolic OH excluding ortho intramolecular Hbond substituents is 1. The van der Waals surface area contributed by atoms with Crippen molar-refractivity contribution in [3.8, 4) is 17.0 Å². The molecule has 3 N–H and O–H groups in total. The zero-order valence-corrected chi connectivity index (χ0v) is 16.5. The normalized spacial score (nSPS) is 20.7. The molecule has 1 saturated carbocycles. The van der Waals surface area contributed by atoms with Crippen molar-refractivity contribution in [2.45, 2.75) is 50.6 Å². The van der Waals surface area contributed by atoms with E-state index in [0.29, 0.717) is 17.1 Å². The van der Waals surface area contributed by atoms with Gasteiger partial charge in [-0.3, -0.25) is 0 Å². The van der Waals surface area contributed by atoms with Gasteiger partial charge >= 0.3 is 147 Å². The molecule has 8 heteroatoms. The third-order valence-corrected chi connectivity index (χ3v) is 7.03. The molecule has 0 saturated heterocycles. The quantitative estimate of drug-likeness (QED) is 0.644. The van der Waals surface area contributed by atoms with Gasteiger partial charge in [-0.2, -0.15) is 0 Å². The van der Waals surface area contributed by atoms with E-state index >= 15 is 0 Å². The zero-order valence-electron chi connectivity index (χ0n) is 14.8. The van der Waals surface area contributed by atoms with Gasteiger partial charge in [-0.05, 0) is 0 Å². The summed E-state index contributed by atoms with van der Waals surface area (Å²) in [5.74, 6) is 1.60. The molecule has 0 radical (unpaired) electrons. The SMILES string of the molecule is Cc1cc(N[C@H]2CCCC[C@@H]2O)nnc1-c1ccc([Se](C)(=O)=O)cc1O. The molecular formula is C18H23N3O4Se. The van der Waals surface area contributed by atoms with E-state index in [2.05, 4.69) is 15.5 Å².